The van der Waals surface area contributed by atoms with Crippen molar-refractivity contribution in [3.05, 3.63) is 22.2 Å². The van der Waals surface area contributed by atoms with Crippen LogP contribution >= 0.6 is 0 Å². The molecule has 1 N–H and O–H groups in total. The number of aryl methyl sites for hydroxylation is 1. The SMILES string of the molecule is CCc1nc(OC2CCCC(OC)C2)cc(=O)[nH]1. The van der Waals surface area contributed by atoms with Gasteiger partial charge in [-0.15, -0.1) is 0 Å². The molecule has 100 valence electrons. The fourth-order valence-electron chi connectivity index (χ4n) is 2.31. The molecule has 1 fully saturated rings. The molecule has 0 saturated heterocycles. The highest BCUT2D eigenvalue weighted by Gasteiger charge is 2.23. The maximum Gasteiger partial charge on any atom is 0.254 e. The van der Waals surface area contributed by atoms with Crippen LogP contribution in [0.15, 0.2) is 10.9 Å². The number of aromatic nitrogens is 2. The van der Waals surface area contributed by atoms with Gasteiger partial charge in [-0.1, -0.05) is 6.92 Å². The topological polar surface area (TPSA) is 64.2 Å². The maximum absolute atomic E-state index is 11.4. The fourth-order valence-corrected chi connectivity index (χ4v) is 2.31. The van der Waals surface area contributed by atoms with Gasteiger partial charge in [-0.2, -0.15) is 0 Å². The summed E-state index contributed by atoms with van der Waals surface area (Å²) in [6.07, 6.45) is 5.09. The molecule has 0 amide bonds. The molecular formula is C13H20N2O3. The van der Waals surface area contributed by atoms with Crippen LogP contribution in [0.1, 0.15) is 38.4 Å². The molecule has 0 aliphatic heterocycles. The zero-order valence-corrected chi connectivity index (χ0v) is 10.9. The molecule has 1 aliphatic carbocycles. The number of hydrogen-bond acceptors (Lipinski definition) is 4. The van der Waals surface area contributed by atoms with Gasteiger partial charge in [0, 0.05) is 20.0 Å². The molecule has 0 spiro atoms. The van der Waals surface area contributed by atoms with E-state index < -0.39 is 0 Å². The highest BCUT2D eigenvalue weighted by Crippen LogP contribution is 2.23. The summed E-state index contributed by atoms with van der Waals surface area (Å²) in [7, 11) is 1.73. The van der Waals surface area contributed by atoms with Crippen LogP contribution in [0.5, 0.6) is 5.88 Å². The number of H-pyrrole nitrogens is 1. The molecule has 0 bridgehead atoms. The zero-order valence-electron chi connectivity index (χ0n) is 10.9. The lowest BCUT2D eigenvalue weighted by Crippen LogP contribution is -2.30. The van der Waals surface area contributed by atoms with Crippen molar-refractivity contribution in [3.63, 3.8) is 0 Å². The minimum Gasteiger partial charge on any atom is -0.474 e. The minimum atomic E-state index is -0.157. The van der Waals surface area contributed by atoms with E-state index >= 15 is 0 Å². The lowest BCUT2D eigenvalue weighted by Gasteiger charge is -2.28. The highest BCUT2D eigenvalue weighted by atomic mass is 16.5. The number of rotatable bonds is 4. The molecule has 2 rings (SSSR count). The van der Waals surface area contributed by atoms with Crippen LogP contribution in [-0.4, -0.2) is 29.3 Å². The van der Waals surface area contributed by atoms with Gasteiger partial charge in [-0.25, -0.2) is 4.98 Å². The summed E-state index contributed by atoms with van der Waals surface area (Å²) in [6, 6.07) is 1.41. The number of methoxy groups -OCH3 is 1. The fraction of sp³-hybridized carbons (Fsp3) is 0.692. The third-order valence-corrected chi connectivity index (χ3v) is 3.30. The Morgan fingerprint density at radius 2 is 2.22 bits per heavy atom. The highest BCUT2D eigenvalue weighted by molar-refractivity contribution is 5.09. The predicted octanol–water partition coefficient (Wildman–Crippen LogP) is 1.67. The second-order valence-corrected chi connectivity index (χ2v) is 4.65. The number of nitrogens with zero attached hydrogens (tertiary/aromatic N) is 1. The standard InChI is InChI=1S/C13H20N2O3/c1-3-11-14-12(16)8-13(15-11)18-10-6-4-5-9(7-10)17-2/h8-10H,3-7H2,1-2H3,(H,14,15,16). The van der Waals surface area contributed by atoms with E-state index in [0.29, 0.717) is 18.1 Å². The second-order valence-electron chi connectivity index (χ2n) is 4.65. The Hall–Kier alpha value is -1.36. The Morgan fingerprint density at radius 3 is 2.94 bits per heavy atom. The lowest BCUT2D eigenvalue weighted by molar-refractivity contribution is 0.0194. The molecule has 2 atom stereocenters. The monoisotopic (exact) mass is 252 g/mol. The van der Waals surface area contributed by atoms with Crippen LogP contribution in [0.3, 0.4) is 0 Å². The van der Waals surface area contributed by atoms with Crippen molar-refractivity contribution in [1.29, 1.82) is 0 Å². The Kier molecular flexibility index (Phi) is 4.36. The summed E-state index contributed by atoms with van der Waals surface area (Å²) in [5.41, 5.74) is -0.157. The van der Waals surface area contributed by atoms with Gasteiger partial charge in [0.1, 0.15) is 11.9 Å². The van der Waals surface area contributed by atoms with Gasteiger partial charge in [0.15, 0.2) is 0 Å². The Balaban J connectivity index is 2.04. The van der Waals surface area contributed by atoms with Crippen molar-refractivity contribution in [3.8, 4) is 5.88 Å². The predicted molar refractivity (Wildman–Crippen MR) is 67.9 cm³/mol. The largest absolute Gasteiger partial charge is 0.474 e. The molecule has 0 aromatic carbocycles. The quantitative estimate of drug-likeness (QED) is 0.885. The van der Waals surface area contributed by atoms with Crippen molar-refractivity contribution >= 4 is 0 Å². The minimum absolute atomic E-state index is 0.0997. The van der Waals surface area contributed by atoms with Gasteiger partial charge in [0.25, 0.3) is 5.56 Å². The first-order chi connectivity index (χ1) is 8.71. The smallest absolute Gasteiger partial charge is 0.254 e. The first-order valence-corrected chi connectivity index (χ1v) is 6.51. The number of aromatic amines is 1. The van der Waals surface area contributed by atoms with Gasteiger partial charge >= 0.3 is 0 Å². The third kappa shape index (κ3) is 3.32. The van der Waals surface area contributed by atoms with Gasteiger partial charge in [-0.05, 0) is 19.3 Å². The van der Waals surface area contributed by atoms with E-state index in [2.05, 4.69) is 9.97 Å². The maximum atomic E-state index is 11.4. The van der Waals surface area contributed by atoms with Crippen molar-refractivity contribution in [2.75, 3.05) is 7.11 Å². The first-order valence-electron chi connectivity index (χ1n) is 6.51. The molecule has 5 heteroatoms. The number of hydrogen-bond donors (Lipinski definition) is 1. The van der Waals surface area contributed by atoms with Crippen LogP contribution in [0, 0.1) is 0 Å². The summed E-state index contributed by atoms with van der Waals surface area (Å²) in [4.78, 5) is 18.4. The number of nitrogens with one attached hydrogen (secondary N) is 1. The van der Waals surface area contributed by atoms with Crippen molar-refractivity contribution in [2.45, 2.75) is 51.2 Å². The molecule has 1 heterocycles. The molecule has 1 aromatic rings. The molecule has 0 radical (unpaired) electrons. The molecule has 18 heavy (non-hydrogen) atoms. The number of ether oxygens (including phenoxy) is 2. The summed E-state index contributed by atoms with van der Waals surface area (Å²) in [5, 5.41) is 0. The van der Waals surface area contributed by atoms with Gasteiger partial charge < -0.3 is 14.5 Å². The average molecular weight is 252 g/mol. The third-order valence-electron chi connectivity index (χ3n) is 3.30. The van der Waals surface area contributed by atoms with E-state index in [1.165, 1.54) is 6.07 Å². The van der Waals surface area contributed by atoms with E-state index in [1.807, 2.05) is 6.92 Å². The van der Waals surface area contributed by atoms with Gasteiger partial charge in [-0.3, -0.25) is 4.79 Å². The van der Waals surface area contributed by atoms with Crippen LogP contribution < -0.4 is 10.3 Å². The average Bonchev–Trinajstić information content (AvgIpc) is 2.38. The first kappa shape index (κ1) is 13.1. The molecule has 1 aromatic heterocycles. The molecule has 5 nitrogen and oxygen atoms in total. The summed E-state index contributed by atoms with van der Waals surface area (Å²) in [5.74, 6) is 1.09. The summed E-state index contributed by atoms with van der Waals surface area (Å²) < 4.78 is 11.2. The molecule has 1 aliphatic rings. The van der Waals surface area contributed by atoms with E-state index in [4.69, 9.17) is 9.47 Å². The lowest BCUT2D eigenvalue weighted by atomic mass is 9.95. The van der Waals surface area contributed by atoms with E-state index in [-0.39, 0.29) is 17.8 Å². The van der Waals surface area contributed by atoms with Crippen LogP contribution in [0.2, 0.25) is 0 Å². The van der Waals surface area contributed by atoms with Gasteiger partial charge in [0.2, 0.25) is 5.88 Å². The van der Waals surface area contributed by atoms with E-state index in [9.17, 15) is 4.79 Å². The Bertz CT molecular complexity index is 444. The van der Waals surface area contributed by atoms with Crippen LogP contribution in [0.4, 0.5) is 0 Å². The van der Waals surface area contributed by atoms with Crippen molar-refractivity contribution < 1.29 is 9.47 Å². The van der Waals surface area contributed by atoms with Crippen LogP contribution in [-0.2, 0) is 11.2 Å². The summed E-state index contributed by atoms with van der Waals surface area (Å²) >= 11 is 0. The Morgan fingerprint density at radius 1 is 1.44 bits per heavy atom. The van der Waals surface area contributed by atoms with Crippen molar-refractivity contribution in [1.82, 2.24) is 9.97 Å². The van der Waals surface area contributed by atoms with E-state index in [0.717, 1.165) is 25.7 Å². The zero-order chi connectivity index (χ0) is 13.0. The molecular weight excluding hydrogens is 232 g/mol. The van der Waals surface area contributed by atoms with Crippen LogP contribution in [0.25, 0.3) is 0 Å². The molecule has 1 saturated carbocycles. The Labute approximate surface area is 107 Å². The van der Waals surface area contributed by atoms with Gasteiger partial charge in [0.05, 0.1) is 12.2 Å². The molecule has 2 unspecified atom stereocenters. The summed E-state index contributed by atoms with van der Waals surface area (Å²) in [6.45, 7) is 1.95. The van der Waals surface area contributed by atoms with E-state index in [1.54, 1.807) is 7.11 Å². The second kappa shape index (κ2) is 6.00. The normalized spacial score (nSPS) is 23.9. The van der Waals surface area contributed by atoms with Crippen molar-refractivity contribution in [2.24, 2.45) is 0 Å².